The van der Waals surface area contributed by atoms with Gasteiger partial charge in [-0.3, -0.25) is 9.69 Å². The zero-order valence-corrected chi connectivity index (χ0v) is 21.7. The van der Waals surface area contributed by atoms with Crippen LogP contribution in [0.1, 0.15) is 78.2 Å². The van der Waals surface area contributed by atoms with Crippen molar-refractivity contribution in [2.45, 2.75) is 90.6 Å². The number of hydrogen-bond acceptors (Lipinski definition) is 6. The molecule has 1 amide bonds. The molecule has 2 fully saturated rings. The summed E-state index contributed by atoms with van der Waals surface area (Å²) in [6, 6.07) is 3.05. The van der Waals surface area contributed by atoms with Crippen LogP contribution in [0.25, 0.3) is 0 Å². The summed E-state index contributed by atoms with van der Waals surface area (Å²) in [5.41, 5.74) is 0.987. The van der Waals surface area contributed by atoms with Crippen molar-refractivity contribution in [3.63, 3.8) is 0 Å². The number of nitrogens with one attached hydrogen (secondary N) is 1. The van der Waals surface area contributed by atoms with Crippen LogP contribution in [0.4, 0.5) is 5.82 Å². The van der Waals surface area contributed by atoms with E-state index < -0.39 is 0 Å². The van der Waals surface area contributed by atoms with Crippen LogP contribution < -0.4 is 10.2 Å². The molecule has 0 bridgehead atoms. The third kappa shape index (κ3) is 7.64. The molecular formula is C26H45N5O2. The lowest BCUT2D eigenvalue weighted by molar-refractivity contribution is -0.119. The van der Waals surface area contributed by atoms with E-state index in [0.717, 1.165) is 62.2 Å². The Morgan fingerprint density at radius 2 is 1.91 bits per heavy atom. The van der Waals surface area contributed by atoms with E-state index in [9.17, 15) is 4.79 Å². The third-order valence-corrected chi connectivity index (χ3v) is 7.17. The van der Waals surface area contributed by atoms with E-state index in [1.54, 1.807) is 14.0 Å². The minimum atomic E-state index is -0.0792. The summed E-state index contributed by atoms with van der Waals surface area (Å²) in [6.07, 6.45) is 6.81. The molecule has 186 valence electrons. The van der Waals surface area contributed by atoms with Crippen LogP contribution in [0.2, 0.25) is 0 Å². The molecule has 7 heteroatoms. The van der Waals surface area contributed by atoms with Crippen LogP contribution in [0.15, 0.2) is 6.07 Å². The molecule has 33 heavy (non-hydrogen) atoms. The van der Waals surface area contributed by atoms with Gasteiger partial charge in [0.05, 0.1) is 6.61 Å². The Balaban J connectivity index is 1.54. The van der Waals surface area contributed by atoms with Crippen LogP contribution in [0.3, 0.4) is 0 Å². The standard InChI is InChI=1S/C26H45N5O2/c1-19-18-31(24-17-23(12-16-33-6)28-25(29-24)26(3,4)5)15-14-30(19)13-11-21-7-9-22(10-8-21)27-20(2)32/h17,19,21-22H,7-16,18H2,1-6H3,(H,27,32)/t19-,21-,22-/m0/s1. The maximum atomic E-state index is 11.3. The minimum absolute atomic E-state index is 0.0792. The number of carbonyl (C=O) groups is 1. The number of amides is 1. The fourth-order valence-electron chi connectivity index (χ4n) is 5.08. The highest BCUT2D eigenvalue weighted by atomic mass is 16.5. The molecule has 0 spiro atoms. The van der Waals surface area contributed by atoms with Gasteiger partial charge in [-0.1, -0.05) is 20.8 Å². The first-order valence-corrected chi connectivity index (χ1v) is 12.8. The van der Waals surface area contributed by atoms with Crippen LogP contribution in [0, 0.1) is 5.92 Å². The zero-order chi connectivity index (χ0) is 24.0. The van der Waals surface area contributed by atoms with E-state index in [1.807, 2.05) is 0 Å². The number of anilines is 1. The highest BCUT2D eigenvalue weighted by Crippen LogP contribution is 2.28. The van der Waals surface area contributed by atoms with Crippen molar-refractivity contribution in [1.82, 2.24) is 20.2 Å². The molecule has 3 rings (SSSR count). The van der Waals surface area contributed by atoms with E-state index in [-0.39, 0.29) is 11.3 Å². The van der Waals surface area contributed by atoms with Gasteiger partial charge < -0.3 is 15.0 Å². The van der Waals surface area contributed by atoms with Gasteiger partial charge in [-0.2, -0.15) is 0 Å². The molecule has 2 heterocycles. The minimum Gasteiger partial charge on any atom is -0.384 e. The maximum absolute atomic E-state index is 11.3. The third-order valence-electron chi connectivity index (χ3n) is 7.17. The van der Waals surface area contributed by atoms with Crippen molar-refractivity contribution in [3.8, 4) is 0 Å². The van der Waals surface area contributed by atoms with E-state index >= 15 is 0 Å². The summed E-state index contributed by atoms with van der Waals surface area (Å²) in [5, 5.41) is 3.09. The van der Waals surface area contributed by atoms with Crippen LogP contribution in [-0.2, 0) is 21.4 Å². The van der Waals surface area contributed by atoms with Crippen LogP contribution in [-0.4, -0.2) is 72.8 Å². The number of carbonyl (C=O) groups excluding carboxylic acids is 1. The Morgan fingerprint density at radius 1 is 1.18 bits per heavy atom. The van der Waals surface area contributed by atoms with E-state index in [4.69, 9.17) is 14.7 Å². The molecule has 2 aliphatic rings. The smallest absolute Gasteiger partial charge is 0.217 e. The second-order valence-corrected chi connectivity index (χ2v) is 11.1. The first kappa shape index (κ1) is 25.9. The summed E-state index contributed by atoms with van der Waals surface area (Å²) in [6.45, 7) is 15.4. The lowest BCUT2D eigenvalue weighted by atomic mass is 9.84. The van der Waals surface area contributed by atoms with Crippen molar-refractivity contribution < 1.29 is 9.53 Å². The van der Waals surface area contributed by atoms with E-state index in [0.29, 0.717) is 18.7 Å². The molecule has 1 aromatic rings. The molecule has 1 N–H and O–H groups in total. The number of nitrogens with zero attached hydrogens (tertiary/aromatic N) is 4. The Kier molecular flexibility index (Phi) is 9.10. The summed E-state index contributed by atoms with van der Waals surface area (Å²) in [5.74, 6) is 2.87. The summed E-state index contributed by atoms with van der Waals surface area (Å²) in [7, 11) is 1.74. The quantitative estimate of drug-likeness (QED) is 0.641. The molecule has 1 aliphatic carbocycles. The topological polar surface area (TPSA) is 70.6 Å². The second-order valence-electron chi connectivity index (χ2n) is 11.1. The summed E-state index contributed by atoms with van der Waals surface area (Å²) < 4.78 is 5.29. The molecule has 1 saturated carbocycles. The molecule has 0 radical (unpaired) electrons. The summed E-state index contributed by atoms with van der Waals surface area (Å²) >= 11 is 0. The molecular weight excluding hydrogens is 414 g/mol. The SMILES string of the molecule is COCCc1cc(N2CCN(CC[C@H]3CC[C@H](NC(C)=O)CC3)[C@@H](C)C2)nc(C(C)(C)C)n1. The van der Waals surface area contributed by atoms with Crippen LogP contribution in [0.5, 0.6) is 0 Å². The predicted molar refractivity (Wildman–Crippen MR) is 134 cm³/mol. The Morgan fingerprint density at radius 3 is 2.52 bits per heavy atom. The van der Waals surface area contributed by atoms with Gasteiger partial charge in [-0.15, -0.1) is 0 Å². The zero-order valence-electron chi connectivity index (χ0n) is 21.7. The number of hydrogen-bond donors (Lipinski definition) is 1. The number of aromatic nitrogens is 2. The van der Waals surface area contributed by atoms with Gasteiger partial charge in [-0.25, -0.2) is 9.97 Å². The average molecular weight is 460 g/mol. The van der Waals surface area contributed by atoms with E-state index in [2.05, 4.69) is 48.9 Å². The van der Waals surface area contributed by atoms with Crippen molar-refractivity contribution in [3.05, 3.63) is 17.6 Å². The normalized spacial score (nSPS) is 24.7. The van der Waals surface area contributed by atoms with E-state index in [1.165, 1.54) is 25.8 Å². The lowest BCUT2D eigenvalue weighted by Crippen LogP contribution is -2.52. The number of piperazine rings is 1. The monoisotopic (exact) mass is 459 g/mol. The molecule has 0 unspecified atom stereocenters. The fourth-order valence-corrected chi connectivity index (χ4v) is 5.08. The number of methoxy groups -OCH3 is 1. The maximum Gasteiger partial charge on any atom is 0.217 e. The Labute approximate surface area is 200 Å². The van der Waals surface area contributed by atoms with Crippen LogP contribution >= 0.6 is 0 Å². The Bertz CT molecular complexity index is 770. The van der Waals surface area contributed by atoms with Crippen molar-refractivity contribution in [2.75, 3.05) is 44.8 Å². The lowest BCUT2D eigenvalue weighted by Gasteiger charge is -2.41. The second kappa shape index (κ2) is 11.6. The van der Waals surface area contributed by atoms with Gasteiger partial charge in [0, 0.05) is 69.3 Å². The van der Waals surface area contributed by atoms with Gasteiger partial charge in [0.15, 0.2) is 0 Å². The number of rotatable bonds is 8. The number of ether oxygens (including phenoxy) is 1. The van der Waals surface area contributed by atoms with Gasteiger partial charge in [0.2, 0.25) is 5.91 Å². The van der Waals surface area contributed by atoms with Gasteiger partial charge in [0.25, 0.3) is 0 Å². The van der Waals surface area contributed by atoms with Gasteiger partial charge in [-0.05, 0) is 51.5 Å². The molecule has 1 aromatic heterocycles. The summed E-state index contributed by atoms with van der Waals surface area (Å²) in [4.78, 5) is 26.2. The fraction of sp³-hybridized carbons (Fsp3) is 0.808. The van der Waals surface area contributed by atoms with Gasteiger partial charge >= 0.3 is 0 Å². The molecule has 1 saturated heterocycles. The average Bonchev–Trinajstić information content (AvgIpc) is 2.76. The highest BCUT2D eigenvalue weighted by molar-refractivity contribution is 5.73. The predicted octanol–water partition coefficient (Wildman–Crippen LogP) is 3.56. The largest absolute Gasteiger partial charge is 0.384 e. The van der Waals surface area contributed by atoms with Crippen molar-refractivity contribution in [2.24, 2.45) is 5.92 Å². The molecule has 7 nitrogen and oxygen atoms in total. The molecule has 0 aromatic carbocycles. The highest BCUT2D eigenvalue weighted by Gasteiger charge is 2.28. The van der Waals surface area contributed by atoms with Gasteiger partial charge in [0.1, 0.15) is 11.6 Å². The first-order chi connectivity index (χ1) is 15.7. The van der Waals surface area contributed by atoms with Crippen molar-refractivity contribution >= 4 is 11.7 Å². The first-order valence-electron chi connectivity index (χ1n) is 12.8. The molecule has 1 aliphatic heterocycles. The molecule has 1 atom stereocenters. The van der Waals surface area contributed by atoms with Crippen molar-refractivity contribution in [1.29, 1.82) is 0 Å². The Hall–Kier alpha value is -1.73.